The molecule has 0 spiro atoms. The first-order valence-electron chi connectivity index (χ1n) is 7.07. The largest absolute Gasteiger partial charge is 0.381 e. The molecule has 0 saturated carbocycles. The molecule has 3 nitrogen and oxygen atoms in total. The van der Waals surface area contributed by atoms with Crippen LogP contribution in [0, 0.1) is 5.41 Å². The van der Waals surface area contributed by atoms with Gasteiger partial charge in [-0.1, -0.05) is 27.2 Å². The molecule has 0 aliphatic heterocycles. The summed E-state index contributed by atoms with van der Waals surface area (Å²) in [5.41, 5.74) is 0.439. The molecule has 18 heavy (non-hydrogen) atoms. The van der Waals surface area contributed by atoms with E-state index in [9.17, 15) is 4.79 Å². The van der Waals surface area contributed by atoms with Gasteiger partial charge in [0.25, 0.3) is 0 Å². The van der Waals surface area contributed by atoms with E-state index in [1.165, 1.54) is 12.8 Å². The van der Waals surface area contributed by atoms with Crippen molar-refractivity contribution >= 4 is 5.78 Å². The van der Waals surface area contributed by atoms with Crippen LogP contribution < -0.4 is 0 Å². The van der Waals surface area contributed by atoms with Crippen LogP contribution in [0.15, 0.2) is 0 Å². The monoisotopic (exact) mass is 258 g/mol. The Bertz CT molecular complexity index is 206. The van der Waals surface area contributed by atoms with Gasteiger partial charge in [0.05, 0.1) is 0 Å². The Hall–Kier alpha value is -0.410. The van der Waals surface area contributed by atoms with Gasteiger partial charge in [-0.15, -0.1) is 0 Å². The van der Waals surface area contributed by atoms with E-state index < -0.39 is 0 Å². The number of carbonyl (C=O) groups is 1. The Kier molecular flexibility index (Phi) is 10.3. The van der Waals surface area contributed by atoms with Gasteiger partial charge in [0.2, 0.25) is 0 Å². The van der Waals surface area contributed by atoms with Crippen LogP contribution in [-0.4, -0.2) is 32.2 Å². The van der Waals surface area contributed by atoms with E-state index in [-0.39, 0.29) is 12.4 Å². The van der Waals surface area contributed by atoms with Crippen LogP contribution in [0.5, 0.6) is 0 Å². The molecule has 0 aromatic carbocycles. The van der Waals surface area contributed by atoms with Crippen molar-refractivity contribution in [3.05, 3.63) is 0 Å². The summed E-state index contributed by atoms with van der Waals surface area (Å²) in [5.74, 6) is 0.0881. The highest BCUT2D eigenvalue weighted by atomic mass is 16.5. The van der Waals surface area contributed by atoms with Crippen LogP contribution in [0.3, 0.4) is 0 Å². The molecule has 0 aromatic heterocycles. The normalized spacial score (nSPS) is 11.8. The minimum atomic E-state index is 0.0881. The minimum absolute atomic E-state index is 0.0881. The van der Waals surface area contributed by atoms with Crippen molar-refractivity contribution in [3.63, 3.8) is 0 Å². The number of unbranched alkanes of at least 4 members (excludes halogenated alkanes) is 2. The van der Waals surface area contributed by atoms with E-state index in [4.69, 9.17) is 9.47 Å². The molecule has 0 saturated heterocycles. The lowest BCUT2D eigenvalue weighted by Crippen LogP contribution is -2.07. The van der Waals surface area contributed by atoms with E-state index in [1.807, 2.05) is 0 Å². The van der Waals surface area contributed by atoms with E-state index in [2.05, 4.69) is 20.8 Å². The fourth-order valence-corrected chi connectivity index (χ4v) is 1.59. The fourth-order valence-electron chi connectivity index (χ4n) is 1.59. The molecule has 3 heteroatoms. The molecule has 108 valence electrons. The summed E-state index contributed by atoms with van der Waals surface area (Å²) in [4.78, 5) is 10.6. The van der Waals surface area contributed by atoms with Crippen molar-refractivity contribution in [2.75, 3.05) is 26.4 Å². The van der Waals surface area contributed by atoms with Gasteiger partial charge in [-0.3, -0.25) is 4.79 Å². The molecule has 0 atom stereocenters. The van der Waals surface area contributed by atoms with Crippen molar-refractivity contribution in [2.45, 2.75) is 59.8 Å². The smallest absolute Gasteiger partial charge is 0.155 e. The lowest BCUT2D eigenvalue weighted by Gasteiger charge is -2.17. The average molecular weight is 258 g/mol. The molecule has 0 fully saturated rings. The Labute approximate surface area is 112 Å². The number of carbonyl (C=O) groups excluding carboxylic acids is 1. The number of hydrogen-bond donors (Lipinski definition) is 0. The maximum Gasteiger partial charge on any atom is 0.155 e. The highest BCUT2D eigenvalue weighted by molar-refractivity contribution is 5.76. The Balaban J connectivity index is 3.06. The molecule has 0 aromatic rings. The number of ether oxygens (including phenoxy) is 2. The molecule has 0 aliphatic rings. The maximum atomic E-state index is 10.6. The zero-order chi connectivity index (χ0) is 13.9. The third kappa shape index (κ3) is 15.6. The standard InChI is InChI=1S/C15H30O3/c1-14(16)13-18-12-8-7-11-17-10-6-5-9-15(2,3)4/h5-13H2,1-4H3. The number of ketones is 1. The summed E-state index contributed by atoms with van der Waals surface area (Å²) in [6, 6.07) is 0. The van der Waals surface area contributed by atoms with Gasteiger partial charge in [-0.25, -0.2) is 0 Å². The van der Waals surface area contributed by atoms with Crippen molar-refractivity contribution < 1.29 is 14.3 Å². The Morgan fingerprint density at radius 3 is 1.89 bits per heavy atom. The molecular formula is C15H30O3. The summed E-state index contributed by atoms with van der Waals surface area (Å²) < 4.78 is 10.7. The molecule has 0 bridgehead atoms. The summed E-state index contributed by atoms with van der Waals surface area (Å²) in [5, 5.41) is 0. The summed E-state index contributed by atoms with van der Waals surface area (Å²) >= 11 is 0. The first kappa shape index (κ1) is 17.6. The van der Waals surface area contributed by atoms with Gasteiger partial charge in [-0.05, 0) is 38.0 Å². The second kappa shape index (κ2) is 10.5. The third-order valence-electron chi connectivity index (χ3n) is 2.60. The summed E-state index contributed by atoms with van der Waals surface area (Å²) in [7, 11) is 0. The molecule has 0 amide bonds. The van der Waals surface area contributed by atoms with Gasteiger partial charge in [-0.2, -0.15) is 0 Å². The zero-order valence-electron chi connectivity index (χ0n) is 12.6. The second-order valence-electron chi connectivity index (χ2n) is 6.09. The van der Waals surface area contributed by atoms with Crippen LogP contribution in [0.1, 0.15) is 59.8 Å². The van der Waals surface area contributed by atoms with Crippen LogP contribution in [-0.2, 0) is 14.3 Å². The average Bonchev–Trinajstić information content (AvgIpc) is 2.24. The van der Waals surface area contributed by atoms with Gasteiger partial charge in [0.15, 0.2) is 5.78 Å². The lowest BCUT2D eigenvalue weighted by atomic mass is 9.90. The minimum Gasteiger partial charge on any atom is -0.381 e. The fraction of sp³-hybridized carbons (Fsp3) is 0.933. The molecule has 0 rings (SSSR count). The second-order valence-corrected chi connectivity index (χ2v) is 6.09. The predicted octanol–water partition coefficient (Wildman–Crippen LogP) is 3.61. The summed E-state index contributed by atoms with van der Waals surface area (Å²) in [6.45, 7) is 10.9. The highest BCUT2D eigenvalue weighted by Gasteiger charge is 2.08. The molecule has 0 aliphatic carbocycles. The van der Waals surface area contributed by atoms with E-state index >= 15 is 0 Å². The van der Waals surface area contributed by atoms with Crippen LogP contribution >= 0.6 is 0 Å². The molecular weight excluding hydrogens is 228 g/mol. The topological polar surface area (TPSA) is 35.5 Å². The van der Waals surface area contributed by atoms with Crippen molar-refractivity contribution in [3.8, 4) is 0 Å². The third-order valence-corrected chi connectivity index (χ3v) is 2.60. The van der Waals surface area contributed by atoms with Crippen LogP contribution in [0.2, 0.25) is 0 Å². The van der Waals surface area contributed by atoms with Crippen LogP contribution in [0.25, 0.3) is 0 Å². The number of rotatable bonds is 11. The van der Waals surface area contributed by atoms with Gasteiger partial charge < -0.3 is 9.47 Å². The zero-order valence-corrected chi connectivity index (χ0v) is 12.6. The maximum absolute atomic E-state index is 10.6. The van der Waals surface area contributed by atoms with E-state index in [0.717, 1.165) is 32.5 Å². The first-order chi connectivity index (χ1) is 8.42. The molecule has 0 radical (unpaired) electrons. The predicted molar refractivity (Wildman–Crippen MR) is 74.9 cm³/mol. The first-order valence-corrected chi connectivity index (χ1v) is 7.07. The van der Waals surface area contributed by atoms with Crippen LogP contribution in [0.4, 0.5) is 0 Å². The van der Waals surface area contributed by atoms with Crippen molar-refractivity contribution in [2.24, 2.45) is 5.41 Å². The van der Waals surface area contributed by atoms with Crippen molar-refractivity contribution in [1.82, 2.24) is 0 Å². The highest BCUT2D eigenvalue weighted by Crippen LogP contribution is 2.21. The Morgan fingerprint density at radius 1 is 0.889 bits per heavy atom. The van der Waals surface area contributed by atoms with Gasteiger partial charge in [0.1, 0.15) is 6.61 Å². The lowest BCUT2D eigenvalue weighted by molar-refractivity contribution is -0.121. The summed E-state index contributed by atoms with van der Waals surface area (Å²) in [6.07, 6.45) is 5.63. The number of hydrogen-bond acceptors (Lipinski definition) is 3. The van der Waals surface area contributed by atoms with Crippen molar-refractivity contribution in [1.29, 1.82) is 0 Å². The van der Waals surface area contributed by atoms with Gasteiger partial charge >= 0.3 is 0 Å². The molecule has 0 heterocycles. The quantitative estimate of drug-likeness (QED) is 0.531. The SMILES string of the molecule is CC(=O)COCCCCOCCCCC(C)(C)C. The molecule has 0 N–H and O–H groups in total. The van der Waals surface area contributed by atoms with E-state index in [1.54, 1.807) is 6.92 Å². The molecule has 0 unspecified atom stereocenters. The number of Topliss-reactive ketones (excluding diaryl/α,β-unsaturated/α-hetero) is 1. The Morgan fingerprint density at radius 2 is 1.39 bits per heavy atom. The van der Waals surface area contributed by atoms with E-state index in [0.29, 0.717) is 12.0 Å². The van der Waals surface area contributed by atoms with Gasteiger partial charge in [0, 0.05) is 19.8 Å².